The standard InChI is InChI=1S/C14H11BrN2O4S/c1-8-6-9(15)2-4-11(8)17-22(19,20)10-3-5-12-13(7-10)21-14(18)16-12/h2-7,17H,1H3,(H,16,18). The van der Waals surface area contributed by atoms with Crippen LogP contribution in [0, 0.1) is 6.92 Å². The number of halogens is 1. The third kappa shape index (κ3) is 2.79. The summed E-state index contributed by atoms with van der Waals surface area (Å²) in [5, 5.41) is 0. The quantitative estimate of drug-likeness (QED) is 0.727. The molecule has 0 bridgehead atoms. The van der Waals surface area contributed by atoms with Gasteiger partial charge in [0.1, 0.15) is 0 Å². The molecule has 0 aliphatic carbocycles. The van der Waals surface area contributed by atoms with Crippen molar-refractivity contribution in [2.75, 3.05) is 4.72 Å². The predicted octanol–water partition coefficient (Wildman–Crippen LogP) is 2.99. The van der Waals surface area contributed by atoms with E-state index in [-0.39, 0.29) is 10.5 Å². The Morgan fingerprint density at radius 2 is 1.95 bits per heavy atom. The van der Waals surface area contributed by atoms with E-state index in [1.165, 1.54) is 18.2 Å². The number of sulfonamides is 1. The Morgan fingerprint density at radius 1 is 1.18 bits per heavy atom. The molecule has 3 rings (SSSR count). The number of aryl methyl sites for hydroxylation is 1. The van der Waals surface area contributed by atoms with Crippen LogP contribution in [0.25, 0.3) is 11.1 Å². The monoisotopic (exact) mass is 382 g/mol. The number of anilines is 1. The highest BCUT2D eigenvalue weighted by molar-refractivity contribution is 9.10. The van der Waals surface area contributed by atoms with Crippen LogP contribution in [0.1, 0.15) is 5.56 Å². The van der Waals surface area contributed by atoms with Crippen molar-refractivity contribution in [3.05, 3.63) is 57.0 Å². The summed E-state index contributed by atoms with van der Waals surface area (Å²) in [6.07, 6.45) is 0. The number of oxazole rings is 1. The lowest BCUT2D eigenvalue weighted by molar-refractivity contribution is 0.554. The molecule has 2 aromatic carbocycles. The van der Waals surface area contributed by atoms with Gasteiger partial charge in [-0.1, -0.05) is 15.9 Å². The number of hydrogen-bond acceptors (Lipinski definition) is 4. The molecule has 0 atom stereocenters. The molecule has 6 nitrogen and oxygen atoms in total. The van der Waals surface area contributed by atoms with Crippen LogP contribution in [0.4, 0.5) is 5.69 Å². The predicted molar refractivity (Wildman–Crippen MR) is 86.5 cm³/mol. The summed E-state index contributed by atoms with van der Waals surface area (Å²) >= 11 is 3.33. The summed E-state index contributed by atoms with van der Waals surface area (Å²) in [5.74, 6) is -0.624. The van der Waals surface area contributed by atoms with Gasteiger partial charge in [0.15, 0.2) is 5.58 Å². The van der Waals surface area contributed by atoms with Crippen LogP contribution in [-0.4, -0.2) is 13.4 Å². The molecular formula is C14H11BrN2O4S. The number of aromatic nitrogens is 1. The molecule has 2 N–H and O–H groups in total. The van der Waals surface area contributed by atoms with Gasteiger partial charge in [-0.2, -0.15) is 0 Å². The molecule has 8 heteroatoms. The van der Waals surface area contributed by atoms with Crippen molar-refractivity contribution in [2.24, 2.45) is 0 Å². The number of benzene rings is 2. The van der Waals surface area contributed by atoms with Crippen LogP contribution < -0.4 is 10.5 Å². The second kappa shape index (κ2) is 5.29. The van der Waals surface area contributed by atoms with Gasteiger partial charge < -0.3 is 4.42 Å². The largest absolute Gasteiger partial charge is 0.417 e. The molecule has 3 aromatic rings. The van der Waals surface area contributed by atoms with E-state index in [1.54, 1.807) is 19.1 Å². The van der Waals surface area contributed by atoms with Gasteiger partial charge in [-0.05, 0) is 42.8 Å². The summed E-state index contributed by atoms with van der Waals surface area (Å²) in [4.78, 5) is 13.6. The number of fused-ring (bicyclic) bond motifs is 1. The fourth-order valence-corrected chi connectivity index (χ4v) is 3.66. The van der Waals surface area contributed by atoms with Gasteiger partial charge in [-0.3, -0.25) is 9.71 Å². The zero-order chi connectivity index (χ0) is 15.9. The Kier molecular flexibility index (Phi) is 3.57. The summed E-state index contributed by atoms with van der Waals surface area (Å²) in [6.45, 7) is 1.80. The summed E-state index contributed by atoms with van der Waals surface area (Å²) in [6, 6.07) is 9.44. The van der Waals surface area contributed by atoms with Gasteiger partial charge in [0.25, 0.3) is 10.0 Å². The van der Waals surface area contributed by atoms with Crippen molar-refractivity contribution in [2.45, 2.75) is 11.8 Å². The van der Waals surface area contributed by atoms with Gasteiger partial charge in [-0.25, -0.2) is 13.2 Å². The van der Waals surface area contributed by atoms with Crippen molar-refractivity contribution >= 4 is 42.7 Å². The van der Waals surface area contributed by atoms with E-state index in [1.807, 2.05) is 6.07 Å². The van der Waals surface area contributed by atoms with E-state index >= 15 is 0 Å². The van der Waals surface area contributed by atoms with E-state index in [4.69, 9.17) is 4.42 Å². The Bertz CT molecular complexity index is 1020. The molecule has 0 spiro atoms. The maximum absolute atomic E-state index is 12.4. The normalized spacial score (nSPS) is 11.7. The van der Waals surface area contributed by atoms with Crippen LogP contribution in [0.15, 0.2) is 55.0 Å². The minimum atomic E-state index is -3.77. The molecule has 0 saturated carbocycles. The van der Waals surface area contributed by atoms with Crippen molar-refractivity contribution in [1.82, 2.24) is 4.98 Å². The number of rotatable bonds is 3. The van der Waals surface area contributed by atoms with Gasteiger partial charge in [0.05, 0.1) is 16.1 Å². The molecule has 22 heavy (non-hydrogen) atoms. The highest BCUT2D eigenvalue weighted by Gasteiger charge is 2.17. The van der Waals surface area contributed by atoms with Crippen molar-refractivity contribution in [3.63, 3.8) is 0 Å². The lowest BCUT2D eigenvalue weighted by Crippen LogP contribution is -2.13. The summed E-state index contributed by atoms with van der Waals surface area (Å²) < 4.78 is 33.1. The van der Waals surface area contributed by atoms with E-state index in [0.29, 0.717) is 11.2 Å². The van der Waals surface area contributed by atoms with Crippen LogP contribution in [-0.2, 0) is 10.0 Å². The minimum absolute atomic E-state index is 0.0186. The van der Waals surface area contributed by atoms with Gasteiger partial charge in [0, 0.05) is 10.5 Å². The highest BCUT2D eigenvalue weighted by atomic mass is 79.9. The molecule has 0 saturated heterocycles. The first-order chi connectivity index (χ1) is 10.3. The smallest absolute Gasteiger partial charge is 0.408 e. The first-order valence-electron chi connectivity index (χ1n) is 6.27. The SMILES string of the molecule is Cc1cc(Br)ccc1NS(=O)(=O)c1ccc2[nH]c(=O)oc2c1. The van der Waals surface area contributed by atoms with E-state index in [9.17, 15) is 13.2 Å². The zero-order valence-corrected chi connectivity index (χ0v) is 13.8. The minimum Gasteiger partial charge on any atom is -0.408 e. The maximum Gasteiger partial charge on any atom is 0.417 e. The second-order valence-electron chi connectivity index (χ2n) is 4.74. The van der Waals surface area contributed by atoms with Gasteiger partial charge in [-0.15, -0.1) is 0 Å². The van der Waals surface area contributed by atoms with Gasteiger partial charge >= 0.3 is 5.76 Å². The van der Waals surface area contributed by atoms with Crippen molar-refractivity contribution in [1.29, 1.82) is 0 Å². The van der Waals surface area contributed by atoms with Crippen molar-refractivity contribution in [3.8, 4) is 0 Å². The highest BCUT2D eigenvalue weighted by Crippen LogP contribution is 2.24. The molecule has 0 aliphatic rings. The van der Waals surface area contributed by atoms with Crippen LogP contribution in [0.5, 0.6) is 0 Å². The average Bonchev–Trinajstić information content (AvgIpc) is 2.81. The molecule has 0 amide bonds. The molecule has 0 fully saturated rings. The summed E-state index contributed by atoms with van der Waals surface area (Å²) in [5.41, 5.74) is 1.91. The Labute approximate surface area is 134 Å². The van der Waals surface area contributed by atoms with E-state index in [2.05, 4.69) is 25.6 Å². The molecular weight excluding hydrogens is 372 g/mol. The van der Waals surface area contributed by atoms with Crippen LogP contribution in [0.2, 0.25) is 0 Å². The Balaban J connectivity index is 2.01. The lowest BCUT2D eigenvalue weighted by atomic mass is 10.2. The van der Waals surface area contributed by atoms with Crippen LogP contribution >= 0.6 is 15.9 Å². The second-order valence-corrected chi connectivity index (χ2v) is 7.34. The topological polar surface area (TPSA) is 92.2 Å². The third-order valence-corrected chi connectivity index (χ3v) is 4.99. The van der Waals surface area contributed by atoms with Crippen LogP contribution in [0.3, 0.4) is 0 Å². The summed E-state index contributed by atoms with van der Waals surface area (Å²) in [7, 11) is -3.77. The third-order valence-electron chi connectivity index (χ3n) is 3.14. The van der Waals surface area contributed by atoms with Gasteiger partial charge in [0.2, 0.25) is 0 Å². The van der Waals surface area contributed by atoms with E-state index in [0.717, 1.165) is 10.0 Å². The lowest BCUT2D eigenvalue weighted by Gasteiger charge is -2.10. The molecule has 0 unspecified atom stereocenters. The first-order valence-corrected chi connectivity index (χ1v) is 8.55. The fourth-order valence-electron chi connectivity index (χ4n) is 2.04. The number of H-pyrrole nitrogens is 1. The number of aromatic amines is 1. The van der Waals surface area contributed by atoms with E-state index < -0.39 is 15.8 Å². The molecule has 0 aliphatic heterocycles. The molecule has 1 aromatic heterocycles. The van der Waals surface area contributed by atoms with Crippen molar-refractivity contribution < 1.29 is 12.8 Å². The maximum atomic E-state index is 12.4. The fraction of sp³-hybridized carbons (Fsp3) is 0.0714. The molecule has 1 heterocycles. The average molecular weight is 383 g/mol. The molecule has 0 radical (unpaired) electrons. The first kappa shape index (κ1) is 14.9. The Hall–Kier alpha value is -2.06. The number of hydrogen-bond donors (Lipinski definition) is 2. The molecule has 114 valence electrons. The Morgan fingerprint density at radius 3 is 2.68 bits per heavy atom. The zero-order valence-electron chi connectivity index (χ0n) is 11.4. The number of nitrogens with one attached hydrogen (secondary N) is 2.